The van der Waals surface area contributed by atoms with Crippen LogP contribution in [-0.4, -0.2) is 0 Å². The molecular weight excluding hydrogens is 334 g/mol. The first-order valence-electron chi connectivity index (χ1n) is 6.96. The quantitative estimate of drug-likeness (QED) is 0.720. The van der Waals surface area contributed by atoms with Gasteiger partial charge in [0.2, 0.25) is 0 Å². The van der Waals surface area contributed by atoms with Crippen LogP contribution in [0.3, 0.4) is 0 Å². The first-order valence-corrected chi connectivity index (χ1v) is 7.75. The van der Waals surface area contributed by atoms with E-state index in [-0.39, 0.29) is 12.4 Å². The zero-order valence-corrected chi connectivity index (χ0v) is 14.4. The number of aromatic nitrogens is 1. The van der Waals surface area contributed by atoms with E-state index in [1.165, 1.54) is 24.0 Å². The highest BCUT2D eigenvalue weighted by molar-refractivity contribution is 9.10. The summed E-state index contributed by atoms with van der Waals surface area (Å²) in [7, 11) is 0. The second kappa shape index (κ2) is 8.43. The van der Waals surface area contributed by atoms with E-state index in [0.717, 1.165) is 11.0 Å². The molecule has 1 heterocycles. The van der Waals surface area contributed by atoms with Crippen molar-refractivity contribution >= 4 is 15.9 Å². The van der Waals surface area contributed by atoms with Crippen LogP contribution in [0, 0.1) is 0 Å². The maximum Gasteiger partial charge on any atom is 0.173 e. The lowest BCUT2D eigenvalue weighted by molar-refractivity contribution is -0.688. The molecule has 0 saturated heterocycles. The minimum atomic E-state index is 0. The van der Waals surface area contributed by atoms with E-state index in [4.69, 9.17) is 0 Å². The molecule has 0 aliphatic rings. The first kappa shape index (κ1) is 17.2. The Hall–Kier alpha value is -0.860. The molecule has 0 fully saturated rings. The molecule has 0 unspecified atom stereocenters. The third kappa shape index (κ3) is 4.60. The van der Waals surface area contributed by atoms with Crippen molar-refractivity contribution in [2.24, 2.45) is 0 Å². The standard InChI is InChI=1S/C17H21BrN.ClH/c1-3-15(4-2)16-8-10-19(11-9-16)13-14-6-5-7-17(18)12-14;/h5-12,15H,3-4,13H2,1-2H3;1H/q+1;/p-1. The molecule has 0 radical (unpaired) electrons. The van der Waals surface area contributed by atoms with Gasteiger partial charge in [0.1, 0.15) is 0 Å². The van der Waals surface area contributed by atoms with Gasteiger partial charge in [0.15, 0.2) is 18.9 Å². The van der Waals surface area contributed by atoms with Crippen LogP contribution >= 0.6 is 15.9 Å². The number of nitrogens with zero attached hydrogens (tertiary/aromatic N) is 1. The Bertz CT molecular complexity index is 521. The van der Waals surface area contributed by atoms with Crippen molar-refractivity contribution in [3.05, 3.63) is 64.4 Å². The van der Waals surface area contributed by atoms with Gasteiger partial charge in [-0.3, -0.25) is 0 Å². The maximum absolute atomic E-state index is 3.52. The monoisotopic (exact) mass is 353 g/mol. The van der Waals surface area contributed by atoms with Gasteiger partial charge in [-0.25, -0.2) is 4.57 Å². The van der Waals surface area contributed by atoms with E-state index in [1.807, 2.05) is 0 Å². The van der Waals surface area contributed by atoms with Crippen LogP contribution in [-0.2, 0) is 6.54 Å². The fraction of sp³-hybridized carbons (Fsp3) is 0.353. The summed E-state index contributed by atoms with van der Waals surface area (Å²) in [4.78, 5) is 0. The molecule has 1 aromatic heterocycles. The summed E-state index contributed by atoms with van der Waals surface area (Å²) in [6.07, 6.45) is 6.81. The fourth-order valence-corrected chi connectivity index (χ4v) is 2.90. The molecule has 0 bridgehead atoms. The van der Waals surface area contributed by atoms with Gasteiger partial charge in [-0.1, -0.05) is 41.9 Å². The predicted molar refractivity (Wildman–Crippen MR) is 83.2 cm³/mol. The Morgan fingerprint density at radius 2 is 1.70 bits per heavy atom. The van der Waals surface area contributed by atoms with E-state index in [1.54, 1.807) is 0 Å². The van der Waals surface area contributed by atoms with Crippen LogP contribution in [0.1, 0.15) is 43.7 Å². The molecule has 0 aliphatic carbocycles. The van der Waals surface area contributed by atoms with E-state index in [2.05, 4.69) is 83.1 Å². The number of hydrogen-bond acceptors (Lipinski definition) is 0. The molecular formula is C17H21BrClN. The normalized spacial score (nSPS) is 10.4. The largest absolute Gasteiger partial charge is 1.00 e. The highest BCUT2D eigenvalue weighted by Gasteiger charge is 2.09. The number of rotatable bonds is 5. The molecule has 1 aromatic carbocycles. The Balaban J connectivity index is 0.00000200. The van der Waals surface area contributed by atoms with E-state index in [9.17, 15) is 0 Å². The van der Waals surface area contributed by atoms with Gasteiger partial charge < -0.3 is 12.4 Å². The lowest BCUT2D eigenvalue weighted by Crippen LogP contribution is -3.00. The van der Waals surface area contributed by atoms with Gasteiger partial charge >= 0.3 is 0 Å². The van der Waals surface area contributed by atoms with Crippen molar-refractivity contribution < 1.29 is 17.0 Å². The van der Waals surface area contributed by atoms with Crippen LogP contribution in [0.15, 0.2) is 53.3 Å². The second-order valence-corrected chi connectivity index (χ2v) is 5.86. The third-order valence-corrected chi connectivity index (χ3v) is 4.12. The molecule has 0 amide bonds. The zero-order valence-electron chi connectivity index (χ0n) is 12.0. The van der Waals surface area contributed by atoms with Crippen LogP contribution in [0.5, 0.6) is 0 Å². The van der Waals surface area contributed by atoms with Gasteiger partial charge in [-0.2, -0.15) is 0 Å². The summed E-state index contributed by atoms with van der Waals surface area (Å²) in [5.74, 6) is 0.695. The van der Waals surface area contributed by atoms with Crippen molar-refractivity contribution in [1.29, 1.82) is 0 Å². The summed E-state index contributed by atoms with van der Waals surface area (Å²) in [6, 6.07) is 13.0. The zero-order chi connectivity index (χ0) is 13.7. The van der Waals surface area contributed by atoms with Crippen molar-refractivity contribution in [3.63, 3.8) is 0 Å². The molecule has 20 heavy (non-hydrogen) atoms. The first-order chi connectivity index (χ1) is 9.22. The molecule has 0 spiro atoms. The minimum absolute atomic E-state index is 0. The highest BCUT2D eigenvalue weighted by Crippen LogP contribution is 2.21. The van der Waals surface area contributed by atoms with Crippen LogP contribution < -0.4 is 17.0 Å². The molecule has 0 aliphatic heterocycles. The molecule has 2 rings (SSSR count). The van der Waals surface area contributed by atoms with Crippen molar-refractivity contribution in [2.45, 2.75) is 39.2 Å². The van der Waals surface area contributed by atoms with Gasteiger partial charge in [-0.05, 0) is 36.5 Å². The van der Waals surface area contributed by atoms with Gasteiger partial charge in [0.25, 0.3) is 0 Å². The number of hydrogen-bond donors (Lipinski definition) is 0. The molecule has 108 valence electrons. The maximum atomic E-state index is 3.52. The molecule has 1 nitrogen and oxygen atoms in total. The van der Waals surface area contributed by atoms with Crippen LogP contribution in [0.25, 0.3) is 0 Å². The Morgan fingerprint density at radius 1 is 1.05 bits per heavy atom. The summed E-state index contributed by atoms with van der Waals surface area (Å²) in [5.41, 5.74) is 2.77. The average molecular weight is 355 g/mol. The minimum Gasteiger partial charge on any atom is -1.00 e. The predicted octanol–water partition coefficient (Wildman–Crippen LogP) is 1.69. The topological polar surface area (TPSA) is 3.88 Å². The van der Waals surface area contributed by atoms with E-state index < -0.39 is 0 Å². The molecule has 0 N–H and O–H groups in total. The molecule has 2 aromatic rings. The number of halogens is 2. The van der Waals surface area contributed by atoms with Crippen molar-refractivity contribution in [1.82, 2.24) is 0 Å². The lowest BCUT2D eigenvalue weighted by atomic mass is 9.95. The average Bonchev–Trinajstić information content (AvgIpc) is 2.42. The molecule has 0 atom stereocenters. The van der Waals surface area contributed by atoms with Gasteiger partial charge in [-0.15, -0.1) is 0 Å². The molecule has 3 heteroatoms. The van der Waals surface area contributed by atoms with Crippen molar-refractivity contribution in [2.75, 3.05) is 0 Å². The van der Waals surface area contributed by atoms with E-state index >= 15 is 0 Å². The Morgan fingerprint density at radius 3 is 2.25 bits per heavy atom. The Labute approximate surface area is 136 Å². The number of pyridine rings is 1. The van der Waals surface area contributed by atoms with Crippen molar-refractivity contribution in [3.8, 4) is 0 Å². The summed E-state index contributed by atoms with van der Waals surface area (Å²) in [5, 5.41) is 0. The molecule has 0 saturated carbocycles. The summed E-state index contributed by atoms with van der Waals surface area (Å²) < 4.78 is 3.37. The SMILES string of the molecule is CCC(CC)c1cc[n+](Cc2cccc(Br)c2)cc1.[Cl-]. The van der Waals surface area contributed by atoms with Crippen LogP contribution in [0.4, 0.5) is 0 Å². The van der Waals surface area contributed by atoms with Crippen LogP contribution in [0.2, 0.25) is 0 Å². The summed E-state index contributed by atoms with van der Waals surface area (Å²) >= 11 is 3.52. The van der Waals surface area contributed by atoms with E-state index in [0.29, 0.717) is 5.92 Å². The Kier molecular flexibility index (Phi) is 7.25. The lowest BCUT2D eigenvalue weighted by Gasteiger charge is -2.11. The number of benzene rings is 1. The fourth-order valence-electron chi connectivity index (χ4n) is 2.45. The smallest absolute Gasteiger partial charge is 0.173 e. The third-order valence-electron chi connectivity index (χ3n) is 3.63. The van der Waals surface area contributed by atoms with Gasteiger partial charge in [0, 0.05) is 22.2 Å². The summed E-state index contributed by atoms with van der Waals surface area (Å²) in [6.45, 7) is 5.44. The highest BCUT2D eigenvalue weighted by atomic mass is 79.9. The van der Waals surface area contributed by atoms with Gasteiger partial charge in [0.05, 0.1) is 0 Å². The second-order valence-electron chi connectivity index (χ2n) is 4.95.